The van der Waals surface area contributed by atoms with Gasteiger partial charge in [0, 0.05) is 55.7 Å². The molecule has 2 heterocycles. The van der Waals surface area contributed by atoms with Gasteiger partial charge in [0.15, 0.2) is 0 Å². The Morgan fingerprint density at radius 2 is 0.609 bits per heavy atom. The van der Waals surface area contributed by atoms with Gasteiger partial charge in [-0.15, -0.1) is 0 Å². The molecule has 0 aliphatic rings. The number of fused-ring (bicyclic) bond motifs is 8. The number of hydrogen-bond acceptors (Lipinski definition) is 4. The van der Waals surface area contributed by atoms with Crippen molar-refractivity contribution in [2.24, 2.45) is 0 Å². The van der Waals surface area contributed by atoms with Gasteiger partial charge >= 0.3 is 12.4 Å². The molecule has 9 aromatic carbocycles. The number of alkyl halides is 6. The molecule has 0 unspecified atom stereocenters. The summed E-state index contributed by atoms with van der Waals surface area (Å²) < 4.78 is 94.0. The summed E-state index contributed by atoms with van der Waals surface area (Å²) in [4.78, 5) is 3.87. The second-order valence-corrected chi connectivity index (χ2v) is 16.2. The van der Waals surface area contributed by atoms with Crippen molar-refractivity contribution in [3.8, 4) is 0 Å². The third kappa shape index (κ3) is 6.82. The molecule has 0 N–H and O–H groups in total. The zero-order valence-electron chi connectivity index (χ0n) is 34.1. The molecule has 0 spiro atoms. The van der Waals surface area contributed by atoms with E-state index in [-0.39, 0.29) is 0 Å². The summed E-state index contributed by atoms with van der Waals surface area (Å²) >= 11 is 0. The number of aryl methyl sites for hydroxylation is 2. The molecule has 0 fully saturated rings. The number of furan rings is 2. The number of halogens is 6. The van der Waals surface area contributed by atoms with E-state index in [0.717, 1.165) is 90.0 Å². The lowest BCUT2D eigenvalue weighted by molar-refractivity contribution is -0.138. The van der Waals surface area contributed by atoms with Gasteiger partial charge in [-0.2, -0.15) is 26.3 Å². The van der Waals surface area contributed by atoms with Crippen LogP contribution in [0.1, 0.15) is 22.3 Å². The predicted molar refractivity (Wildman–Crippen MR) is 245 cm³/mol. The lowest BCUT2D eigenvalue weighted by Gasteiger charge is -2.26. The van der Waals surface area contributed by atoms with Gasteiger partial charge in [-0.1, -0.05) is 47.5 Å². The first-order valence-electron chi connectivity index (χ1n) is 20.5. The Balaban J connectivity index is 0.983. The quantitative estimate of drug-likeness (QED) is 0.156. The molecule has 64 heavy (non-hydrogen) atoms. The first-order valence-corrected chi connectivity index (χ1v) is 20.5. The fourth-order valence-corrected chi connectivity index (χ4v) is 8.66. The zero-order chi connectivity index (χ0) is 44.1. The van der Waals surface area contributed by atoms with Crippen LogP contribution in [0.5, 0.6) is 0 Å². The molecule has 11 rings (SSSR count). The van der Waals surface area contributed by atoms with Crippen LogP contribution in [0.25, 0.3) is 65.4 Å². The van der Waals surface area contributed by atoms with E-state index < -0.39 is 23.5 Å². The summed E-state index contributed by atoms with van der Waals surface area (Å²) in [6, 6.07) is 50.1. The van der Waals surface area contributed by atoms with Crippen LogP contribution in [0.2, 0.25) is 0 Å². The highest BCUT2D eigenvalue weighted by molar-refractivity contribution is 6.18. The van der Waals surface area contributed by atoms with Crippen molar-refractivity contribution in [1.82, 2.24) is 0 Å². The van der Waals surface area contributed by atoms with E-state index >= 15 is 0 Å². The summed E-state index contributed by atoms with van der Waals surface area (Å²) in [7, 11) is 0. The second-order valence-electron chi connectivity index (χ2n) is 16.2. The van der Waals surface area contributed by atoms with Crippen LogP contribution < -0.4 is 9.80 Å². The summed E-state index contributed by atoms with van der Waals surface area (Å²) in [5, 5.41) is 7.29. The summed E-state index contributed by atoms with van der Waals surface area (Å²) in [6.45, 7) is 4.16. The van der Waals surface area contributed by atoms with Gasteiger partial charge in [0.2, 0.25) is 0 Å². The molecule has 0 atom stereocenters. The van der Waals surface area contributed by atoms with E-state index in [1.807, 2.05) is 36.4 Å². The number of hydrogen-bond donors (Lipinski definition) is 0. The number of nitrogens with zero attached hydrogens (tertiary/aromatic N) is 2. The van der Waals surface area contributed by atoms with Gasteiger partial charge in [-0.05, 0) is 169 Å². The van der Waals surface area contributed by atoms with Gasteiger partial charge in [0.05, 0.1) is 11.1 Å². The SMILES string of the molecule is Cc1ccc(N(c2ccc(C)cc2)c2ccc3cc4c(cc3c2)oc2cc3c(cc24)oc2cc4cc(N(c5ccc(C(F)(F)F)cc5)c5ccc(C(F)(F)F)cc5)ccc4cc23)cc1. The molecule has 314 valence electrons. The standard InChI is InChI=1S/C54H34F6N2O2/c1-31-3-13-39(14-4-31)61(40-15-5-32(2)6-16-40)43-17-7-33-25-45-47-29-52-48(30-51(47)63-49(45)27-35(33)23-43)46-26-34-8-18-44(24-36(34)28-50(46)64-52)62(41-19-9-37(10-20-41)53(55,56)57)42-21-11-38(12-22-42)54(58,59)60/h3-30H,1-2H3. The van der Waals surface area contributed by atoms with Crippen molar-refractivity contribution in [3.63, 3.8) is 0 Å². The monoisotopic (exact) mass is 856 g/mol. The van der Waals surface area contributed by atoms with Crippen LogP contribution in [0.3, 0.4) is 0 Å². The third-order valence-corrected chi connectivity index (χ3v) is 12.0. The van der Waals surface area contributed by atoms with E-state index in [9.17, 15) is 26.3 Å². The van der Waals surface area contributed by atoms with E-state index in [0.29, 0.717) is 33.8 Å². The molecule has 0 radical (unpaired) electrons. The molecule has 0 aliphatic carbocycles. The Kier molecular flexibility index (Phi) is 8.82. The molecule has 11 aromatic rings. The Hall–Kier alpha value is -7.72. The Morgan fingerprint density at radius 3 is 0.953 bits per heavy atom. The zero-order valence-corrected chi connectivity index (χ0v) is 34.1. The number of anilines is 6. The average molecular weight is 857 g/mol. The topological polar surface area (TPSA) is 32.8 Å². The average Bonchev–Trinajstić information content (AvgIpc) is 3.80. The van der Waals surface area contributed by atoms with E-state index in [1.54, 1.807) is 11.0 Å². The maximum Gasteiger partial charge on any atom is 0.416 e. The van der Waals surface area contributed by atoms with E-state index in [1.165, 1.54) is 35.4 Å². The molecule has 0 bridgehead atoms. The van der Waals surface area contributed by atoms with E-state index in [2.05, 4.69) is 97.6 Å². The third-order valence-electron chi connectivity index (χ3n) is 12.0. The van der Waals surface area contributed by atoms with Crippen molar-refractivity contribution in [2.45, 2.75) is 26.2 Å². The van der Waals surface area contributed by atoms with Crippen LogP contribution in [0.4, 0.5) is 60.5 Å². The Labute approximate surface area is 361 Å². The minimum Gasteiger partial charge on any atom is -0.456 e. The highest BCUT2D eigenvalue weighted by atomic mass is 19.4. The van der Waals surface area contributed by atoms with Gasteiger partial charge in [0.25, 0.3) is 0 Å². The largest absolute Gasteiger partial charge is 0.456 e. The number of benzene rings is 9. The van der Waals surface area contributed by atoms with Crippen LogP contribution in [0.15, 0.2) is 179 Å². The smallest absolute Gasteiger partial charge is 0.416 e. The lowest BCUT2D eigenvalue weighted by atomic mass is 10.0. The van der Waals surface area contributed by atoms with Gasteiger partial charge in [-0.3, -0.25) is 0 Å². The highest BCUT2D eigenvalue weighted by Gasteiger charge is 2.32. The molecule has 4 nitrogen and oxygen atoms in total. The van der Waals surface area contributed by atoms with Crippen molar-refractivity contribution in [2.75, 3.05) is 9.80 Å². The van der Waals surface area contributed by atoms with Gasteiger partial charge < -0.3 is 18.6 Å². The lowest BCUT2D eigenvalue weighted by Crippen LogP contribution is -2.12. The van der Waals surface area contributed by atoms with Gasteiger partial charge in [-0.25, -0.2) is 0 Å². The molecule has 2 aromatic heterocycles. The van der Waals surface area contributed by atoms with Gasteiger partial charge in [0.1, 0.15) is 22.3 Å². The first-order chi connectivity index (χ1) is 30.7. The Morgan fingerprint density at radius 1 is 0.312 bits per heavy atom. The van der Waals surface area contributed by atoms with Crippen LogP contribution in [-0.2, 0) is 12.4 Å². The minimum absolute atomic E-state index is 0.339. The van der Waals surface area contributed by atoms with Crippen LogP contribution in [-0.4, -0.2) is 0 Å². The molecule has 0 saturated carbocycles. The molecule has 0 amide bonds. The number of rotatable bonds is 6. The second kappa shape index (κ2) is 14.4. The highest BCUT2D eigenvalue weighted by Crippen LogP contribution is 2.44. The maximum absolute atomic E-state index is 13.5. The Bertz CT molecular complexity index is 3490. The van der Waals surface area contributed by atoms with Crippen molar-refractivity contribution in [3.05, 3.63) is 192 Å². The normalized spacial score (nSPS) is 12.4. The molecule has 0 saturated heterocycles. The van der Waals surface area contributed by atoms with Crippen molar-refractivity contribution in [1.29, 1.82) is 0 Å². The molecular weight excluding hydrogens is 823 g/mol. The van der Waals surface area contributed by atoms with Crippen LogP contribution >= 0.6 is 0 Å². The van der Waals surface area contributed by atoms with Crippen LogP contribution in [0, 0.1) is 13.8 Å². The summed E-state index contributed by atoms with van der Waals surface area (Å²) in [5.41, 5.74) is 7.77. The maximum atomic E-state index is 13.5. The first kappa shape index (κ1) is 39.1. The van der Waals surface area contributed by atoms with E-state index in [4.69, 9.17) is 8.83 Å². The summed E-state index contributed by atoms with van der Waals surface area (Å²) in [6.07, 6.45) is -9.11. The molecule has 0 aliphatic heterocycles. The predicted octanol–water partition coefficient (Wildman–Crippen LogP) is 17.4. The minimum atomic E-state index is -4.55. The molecular formula is C54H34F6N2O2. The van der Waals surface area contributed by atoms with Crippen molar-refractivity contribution < 1.29 is 35.2 Å². The molecule has 10 heteroatoms. The van der Waals surface area contributed by atoms with Crippen molar-refractivity contribution >= 4 is 99.5 Å². The fraction of sp³-hybridized carbons (Fsp3) is 0.0741. The summed E-state index contributed by atoms with van der Waals surface area (Å²) in [5.74, 6) is 0. The fourth-order valence-electron chi connectivity index (χ4n) is 8.66.